The summed E-state index contributed by atoms with van der Waals surface area (Å²) in [7, 11) is 0. The van der Waals surface area contributed by atoms with Gasteiger partial charge < -0.3 is 5.32 Å². The number of aromatic nitrogens is 1. The number of pyridine rings is 1. The molecule has 1 aromatic rings. The second-order valence-electron chi connectivity index (χ2n) is 4.59. The Hall–Kier alpha value is -1.12. The number of nitrogens with one attached hydrogen (secondary N) is 1. The molecule has 0 amide bonds. The second-order valence-corrected chi connectivity index (χ2v) is 4.59. The summed E-state index contributed by atoms with van der Waals surface area (Å²) in [6.45, 7) is 4.48. The van der Waals surface area contributed by atoms with E-state index in [1.54, 1.807) is 12.3 Å². The minimum absolute atomic E-state index is 0.356. The number of halogens is 1. The standard InChI is InChI=1S/C11H15FN2/c1-11(2)6-5-9(11)14-8-3-4-10(12)13-7-8/h3-4,7,9,14H,5-6H2,1-2H3. The van der Waals surface area contributed by atoms with Gasteiger partial charge >= 0.3 is 0 Å². The van der Waals surface area contributed by atoms with Crippen LogP contribution in [0, 0.1) is 11.4 Å². The van der Waals surface area contributed by atoms with Gasteiger partial charge in [-0.15, -0.1) is 0 Å². The Bertz CT molecular complexity index is 319. The summed E-state index contributed by atoms with van der Waals surface area (Å²) in [5.41, 5.74) is 1.26. The van der Waals surface area contributed by atoms with Gasteiger partial charge in [0.2, 0.25) is 5.95 Å². The fourth-order valence-electron chi connectivity index (χ4n) is 1.80. The van der Waals surface area contributed by atoms with Gasteiger partial charge in [-0.05, 0) is 30.4 Å². The van der Waals surface area contributed by atoms with Crippen LogP contribution in [0.5, 0.6) is 0 Å². The normalized spacial score (nSPS) is 24.1. The molecule has 0 spiro atoms. The lowest BCUT2D eigenvalue weighted by molar-refractivity contribution is 0.160. The summed E-state index contributed by atoms with van der Waals surface area (Å²) in [6.07, 6.45) is 3.98. The first-order valence-electron chi connectivity index (χ1n) is 4.96. The van der Waals surface area contributed by atoms with E-state index in [1.807, 2.05) is 0 Å². The predicted octanol–water partition coefficient (Wildman–Crippen LogP) is 2.82. The van der Waals surface area contributed by atoms with Crippen molar-refractivity contribution in [3.8, 4) is 0 Å². The summed E-state index contributed by atoms with van der Waals surface area (Å²) in [5, 5.41) is 3.37. The van der Waals surface area contributed by atoms with Gasteiger partial charge in [-0.3, -0.25) is 0 Å². The molecule has 0 bridgehead atoms. The molecule has 1 unspecified atom stereocenters. The van der Waals surface area contributed by atoms with Crippen molar-refractivity contribution in [3.63, 3.8) is 0 Å². The van der Waals surface area contributed by atoms with E-state index in [2.05, 4.69) is 24.1 Å². The molecule has 3 heteroatoms. The SMILES string of the molecule is CC1(C)CCC1Nc1ccc(F)nc1. The number of hydrogen-bond acceptors (Lipinski definition) is 2. The Kier molecular flexibility index (Phi) is 2.17. The first-order valence-corrected chi connectivity index (χ1v) is 4.96. The van der Waals surface area contributed by atoms with Crippen molar-refractivity contribution < 1.29 is 4.39 Å². The maximum atomic E-state index is 12.5. The van der Waals surface area contributed by atoms with Gasteiger partial charge in [0.1, 0.15) is 0 Å². The van der Waals surface area contributed by atoms with Gasteiger partial charge in [0.15, 0.2) is 0 Å². The molecule has 2 rings (SSSR count). The highest BCUT2D eigenvalue weighted by molar-refractivity contribution is 5.42. The van der Waals surface area contributed by atoms with Crippen molar-refractivity contribution in [1.29, 1.82) is 0 Å². The highest BCUT2D eigenvalue weighted by Gasteiger charge is 2.38. The van der Waals surface area contributed by atoms with Crippen LogP contribution in [0.3, 0.4) is 0 Å². The minimum Gasteiger partial charge on any atom is -0.381 e. The number of hydrogen-bond donors (Lipinski definition) is 1. The van der Waals surface area contributed by atoms with E-state index >= 15 is 0 Å². The second kappa shape index (κ2) is 3.23. The van der Waals surface area contributed by atoms with Crippen LogP contribution < -0.4 is 5.32 Å². The maximum absolute atomic E-state index is 12.5. The molecule has 2 nitrogen and oxygen atoms in total. The van der Waals surface area contributed by atoms with E-state index in [9.17, 15) is 4.39 Å². The zero-order valence-corrected chi connectivity index (χ0v) is 8.55. The largest absolute Gasteiger partial charge is 0.381 e. The van der Waals surface area contributed by atoms with Gasteiger partial charge in [0.25, 0.3) is 0 Å². The lowest BCUT2D eigenvalue weighted by atomic mass is 9.67. The first-order chi connectivity index (χ1) is 6.58. The van der Waals surface area contributed by atoms with Crippen LogP contribution in [-0.2, 0) is 0 Å². The van der Waals surface area contributed by atoms with E-state index in [4.69, 9.17) is 0 Å². The Morgan fingerprint density at radius 3 is 2.71 bits per heavy atom. The third-order valence-corrected chi connectivity index (χ3v) is 3.09. The average molecular weight is 194 g/mol. The molecule has 0 saturated heterocycles. The van der Waals surface area contributed by atoms with Gasteiger partial charge in [-0.1, -0.05) is 13.8 Å². The van der Waals surface area contributed by atoms with Crippen molar-refractivity contribution in [1.82, 2.24) is 4.98 Å². The summed E-state index contributed by atoms with van der Waals surface area (Å²) in [6, 6.07) is 3.61. The fraction of sp³-hybridized carbons (Fsp3) is 0.545. The van der Waals surface area contributed by atoms with Crippen LogP contribution in [0.15, 0.2) is 18.3 Å². The van der Waals surface area contributed by atoms with Crippen molar-refractivity contribution in [2.45, 2.75) is 32.7 Å². The quantitative estimate of drug-likeness (QED) is 0.732. The molecule has 14 heavy (non-hydrogen) atoms. The monoisotopic (exact) mass is 194 g/mol. The predicted molar refractivity (Wildman–Crippen MR) is 54.6 cm³/mol. The van der Waals surface area contributed by atoms with Gasteiger partial charge in [-0.25, -0.2) is 4.98 Å². The number of anilines is 1. The van der Waals surface area contributed by atoms with E-state index < -0.39 is 5.95 Å². The lowest BCUT2D eigenvalue weighted by Crippen LogP contribution is -2.45. The fourth-order valence-corrected chi connectivity index (χ4v) is 1.80. The minimum atomic E-state index is -0.427. The zero-order chi connectivity index (χ0) is 10.2. The number of rotatable bonds is 2. The van der Waals surface area contributed by atoms with E-state index in [0.717, 1.165) is 5.69 Å². The molecule has 1 heterocycles. The molecule has 1 aliphatic carbocycles. The van der Waals surface area contributed by atoms with Crippen molar-refractivity contribution in [2.75, 3.05) is 5.32 Å². The van der Waals surface area contributed by atoms with E-state index in [1.165, 1.54) is 18.9 Å². The molecule has 0 aromatic carbocycles. The molecular weight excluding hydrogens is 179 g/mol. The average Bonchev–Trinajstić information content (AvgIpc) is 2.15. The summed E-state index contributed by atoms with van der Waals surface area (Å²) >= 11 is 0. The van der Waals surface area contributed by atoms with Gasteiger partial charge in [0, 0.05) is 6.04 Å². The lowest BCUT2D eigenvalue weighted by Gasteiger charge is -2.45. The Labute approximate surface area is 83.6 Å². The first kappa shape index (κ1) is 9.44. The van der Waals surface area contributed by atoms with Gasteiger partial charge in [0.05, 0.1) is 11.9 Å². The van der Waals surface area contributed by atoms with E-state index in [0.29, 0.717) is 11.5 Å². The zero-order valence-electron chi connectivity index (χ0n) is 8.55. The molecule has 1 fully saturated rings. The van der Waals surface area contributed by atoms with Crippen molar-refractivity contribution in [2.24, 2.45) is 5.41 Å². The summed E-state index contributed by atoms with van der Waals surface area (Å²) in [4.78, 5) is 3.61. The molecule has 1 aromatic heterocycles. The Morgan fingerprint density at radius 1 is 1.50 bits per heavy atom. The molecule has 1 atom stereocenters. The molecule has 0 aliphatic heterocycles. The Morgan fingerprint density at radius 2 is 2.29 bits per heavy atom. The van der Waals surface area contributed by atoms with Crippen LogP contribution >= 0.6 is 0 Å². The Balaban J connectivity index is 2.01. The van der Waals surface area contributed by atoms with Crippen LogP contribution in [0.2, 0.25) is 0 Å². The summed E-state index contributed by atoms with van der Waals surface area (Å²) in [5.74, 6) is -0.427. The van der Waals surface area contributed by atoms with Crippen LogP contribution in [0.1, 0.15) is 26.7 Å². The third kappa shape index (κ3) is 1.72. The molecule has 76 valence electrons. The van der Waals surface area contributed by atoms with Gasteiger partial charge in [-0.2, -0.15) is 4.39 Å². The number of nitrogens with zero attached hydrogens (tertiary/aromatic N) is 1. The third-order valence-electron chi connectivity index (χ3n) is 3.09. The van der Waals surface area contributed by atoms with E-state index in [-0.39, 0.29) is 0 Å². The topological polar surface area (TPSA) is 24.9 Å². The highest BCUT2D eigenvalue weighted by atomic mass is 19.1. The highest BCUT2D eigenvalue weighted by Crippen LogP contribution is 2.41. The molecular formula is C11H15FN2. The molecule has 0 radical (unpaired) electrons. The van der Waals surface area contributed by atoms with Crippen LogP contribution in [0.25, 0.3) is 0 Å². The smallest absolute Gasteiger partial charge is 0.212 e. The van der Waals surface area contributed by atoms with Crippen LogP contribution in [-0.4, -0.2) is 11.0 Å². The maximum Gasteiger partial charge on any atom is 0.212 e. The van der Waals surface area contributed by atoms with Crippen molar-refractivity contribution >= 4 is 5.69 Å². The molecule has 1 saturated carbocycles. The molecule has 1 aliphatic rings. The van der Waals surface area contributed by atoms with Crippen molar-refractivity contribution in [3.05, 3.63) is 24.3 Å². The molecule has 1 N–H and O–H groups in total. The van der Waals surface area contributed by atoms with Crippen LogP contribution in [0.4, 0.5) is 10.1 Å². The summed E-state index contributed by atoms with van der Waals surface area (Å²) < 4.78 is 12.5.